The van der Waals surface area contributed by atoms with Gasteiger partial charge in [-0.15, -0.1) is 0 Å². The number of hydrogen-bond donors (Lipinski definition) is 1. The Labute approximate surface area is 150 Å². The summed E-state index contributed by atoms with van der Waals surface area (Å²) in [6.07, 6.45) is 0.229. The first-order valence-corrected chi connectivity index (χ1v) is 8.40. The molecule has 8 nitrogen and oxygen atoms in total. The molecule has 2 rings (SSSR count). The van der Waals surface area contributed by atoms with Gasteiger partial charge in [0.2, 0.25) is 0 Å². The summed E-state index contributed by atoms with van der Waals surface area (Å²) in [4.78, 5) is 47.9. The van der Waals surface area contributed by atoms with Crippen molar-refractivity contribution in [2.45, 2.75) is 32.6 Å². The Morgan fingerprint density at radius 2 is 2.00 bits per heavy atom. The number of fused-ring (bicyclic) bond motifs is 1. The monoisotopic (exact) mass is 363 g/mol. The van der Waals surface area contributed by atoms with Crippen LogP contribution >= 0.6 is 0 Å². The van der Waals surface area contributed by atoms with Crippen LogP contribution in [0.4, 0.5) is 5.69 Å². The number of benzene rings is 1. The van der Waals surface area contributed by atoms with Gasteiger partial charge < -0.3 is 19.5 Å². The van der Waals surface area contributed by atoms with Crippen LogP contribution in [0.25, 0.3) is 0 Å². The van der Waals surface area contributed by atoms with Gasteiger partial charge in [0.25, 0.3) is 5.91 Å². The van der Waals surface area contributed by atoms with Crippen LogP contribution < -0.4 is 9.64 Å². The van der Waals surface area contributed by atoms with Crippen molar-refractivity contribution in [3.05, 3.63) is 23.8 Å². The van der Waals surface area contributed by atoms with Gasteiger partial charge in [0.05, 0.1) is 18.7 Å². The maximum absolute atomic E-state index is 12.3. The topological polar surface area (TPSA) is 110 Å². The van der Waals surface area contributed by atoms with E-state index in [4.69, 9.17) is 14.6 Å². The quantitative estimate of drug-likeness (QED) is 0.526. The average Bonchev–Trinajstić information content (AvgIpc) is 2.61. The average molecular weight is 363 g/mol. The van der Waals surface area contributed by atoms with Gasteiger partial charge in [0.1, 0.15) is 5.75 Å². The zero-order chi connectivity index (χ0) is 19.1. The number of anilines is 1. The lowest BCUT2D eigenvalue weighted by molar-refractivity contribution is -0.143. The number of carbonyl (C=O) groups is 4. The predicted octanol–water partition coefficient (Wildman–Crippen LogP) is 1.80. The van der Waals surface area contributed by atoms with Crippen molar-refractivity contribution in [2.75, 3.05) is 24.7 Å². The fraction of sp³-hybridized carbons (Fsp3) is 0.444. The van der Waals surface area contributed by atoms with Crippen molar-refractivity contribution in [3.8, 4) is 5.75 Å². The molecule has 0 saturated carbocycles. The number of ether oxygens (including phenoxy) is 2. The number of carboxylic acids is 1. The molecule has 1 amide bonds. The molecule has 0 bridgehead atoms. The molecule has 0 atom stereocenters. The molecule has 0 aromatic heterocycles. The van der Waals surface area contributed by atoms with Gasteiger partial charge in [0, 0.05) is 24.9 Å². The van der Waals surface area contributed by atoms with Gasteiger partial charge in [0.15, 0.2) is 12.4 Å². The third kappa shape index (κ3) is 5.05. The number of rotatable bonds is 9. The first-order valence-electron chi connectivity index (χ1n) is 8.40. The van der Waals surface area contributed by atoms with Crippen LogP contribution in [0.1, 0.15) is 43.0 Å². The number of hydrogen-bond acceptors (Lipinski definition) is 6. The van der Waals surface area contributed by atoms with Crippen molar-refractivity contribution in [1.82, 2.24) is 0 Å². The maximum Gasteiger partial charge on any atom is 0.306 e. The Balaban J connectivity index is 2.11. The molecule has 0 aliphatic carbocycles. The molecule has 140 valence electrons. The summed E-state index contributed by atoms with van der Waals surface area (Å²) in [5.74, 6) is -1.45. The van der Waals surface area contributed by atoms with E-state index in [1.807, 2.05) is 0 Å². The van der Waals surface area contributed by atoms with Gasteiger partial charge in [-0.3, -0.25) is 19.2 Å². The Hall–Kier alpha value is -2.90. The summed E-state index contributed by atoms with van der Waals surface area (Å²) >= 11 is 0. The van der Waals surface area contributed by atoms with Crippen molar-refractivity contribution >= 4 is 29.3 Å². The molecule has 1 aliphatic heterocycles. The summed E-state index contributed by atoms with van der Waals surface area (Å²) < 4.78 is 10.2. The van der Waals surface area contributed by atoms with Crippen molar-refractivity contribution in [1.29, 1.82) is 0 Å². The van der Waals surface area contributed by atoms with Crippen LogP contribution in [0.15, 0.2) is 18.2 Å². The van der Waals surface area contributed by atoms with Crippen molar-refractivity contribution < 1.29 is 33.8 Å². The molecule has 0 fully saturated rings. The number of amides is 1. The second kappa shape index (κ2) is 8.98. The van der Waals surface area contributed by atoms with E-state index in [1.54, 1.807) is 25.1 Å². The van der Waals surface area contributed by atoms with Crippen LogP contribution in [0.2, 0.25) is 0 Å². The molecule has 1 aromatic carbocycles. The van der Waals surface area contributed by atoms with Gasteiger partial charge in [-0.25, -0.2) is 0 Å². The summed E-state index contributed by atoms with van der Waals surface area (Å²) in [5, 5.41) is 8.75. The third-order valence-electron chi connectivity index (χ3n) is 3.86. The van der Waals surface area contributed by atoms with E-state index in [2.05, 4.69) is 0 Å². The molecule has 26 heavy (non-hydrogen) atoms. The highest BCUT2D eigenvalue weighted by Gasteiger charge is 2.26. The van der Waals surface area contributed by atoms with Crippen LogP contribution in [-0.2, 0) is 19.1 Å². The summed E-state index contributed by atoms with van der Waals surface area (Å²) in [6, 6.07) is 4.72. The van der Waals surface area contributed by atoms with E-state index in [0.29, 0.717) is 23.4 Å². The third-order valence-corrected chi connectivity index (χ3v) is 3.86. The Morgan fingerprint density at radius 3 is 2.69 bits per heavy atom. The highest BCUT2D eigenvalue weighted by atomic mass is 16.5. The standard InChI is InChI=1S/C18H21NO7/c1-2-25-18(24)8-6-14(20)12-5-7-15-13(10-12)19(16(21)11-26-15)9-3-4-17(22)23/h5,7,10H,2-4,6,8-9,11H2,1H3,(H,22,23). The number of esters is 1. The van der Waals surface area contributed by atoms with E-state index >= 15 is 0 Å². The Bertz CT molecular complexity index is 713. The maximum atomic E-state index is 12.3. The number of carbonyl (C=O) groups excluding carboxylic acids is 3. The smallest absolute Gasteiger partial charge is 0.306 e. The minimum absolute atomic E-state index is 0.00539. The lowest BCUT2D eigenvalue weighted by Gasteiger charge is -2.29. The van der Waals surface area contributed by atoms with E-state index < -0.39 is 11.9 Å². The van der Waals surface area contributed by atoms with E-state index in [1.165, 1.54) is 4.90 Å². The molecule has 1 N–H and O–H groups in total. The number of aliphatic carboxylic acids is 1. The fourth-order valence-corrected chi connectivity index (χ4v) is 2.60. The molecular weight excluding hydrogens is 342 g/mol. The lowest BCUT2D eigenvalue weighted by atomic mass is 10.0. The van der Waals surface area contributed by atoms with Gasteiger partial charge in [-0.1, -0.05) is 0 Å². The Morgan fingerprint density at radius 1 is 1.23 bits per heavy atom. The number of carboxylic acid groups (broad SMARTS) is 1. The Kier molecular flexibility index (Phi) is 6.71. The first kappa shape index (κ1) is 19.4. The SMILES string of the molecule is CCOC(=O)CCC(=O)c1ccc2c(c1)N(CCCC(=O)O)C(=O)CO2. The minimum atomic E-state index is -0.936. The molecule has 8 heteroatoms. The van der Waals surface area contributed by atoms with Crippen LogP contribution in [0, 0.1) is 0 Å². The van der Waals surface area contributed by atoms with E-state index in [-0.39, 0.29) is 50.7 Å². The second-order valence-electron chi connectivity index (χ2n) is 5.74. The molecular formula is C18H21NO7. The van der Waals surface area contributed by atoms with E-state index in [9.17, 15) is 19.2 Å². The number of ketones is 1. The van der Waals surface area contributed by atoms with Crippen LogP contribution in [0.3, 0.4) is 0 Å². The molecule has 1 heterocycles. The molecule has 1 aromatic rings. The number of nitrogens with zero attached hydrogens (tertiary/aromatic N) is 1. The normalized spacial score (nSPS) is 13.0. The fourth-order valence-electron chi connectivity index (χ4n) is 2.60. The second-order valence-corrected chi connectivity index (χ2v) is 5.74. The largest absolute Gasteiger partial charge is 0.482 e. The summed E-state index contributed by atoms with van der Waals surface area (Å²) in [7, 11) is 0. The van der Waals surface area contributed by atoms with Gasteiger partial charge >= 0.3 is 11.9 Å². The van der Waals surface area contributed by atoms with Gasteiger partial charge in [-0.05, 0) is 31.5 Å². The lowest BCUT2D eigenvalue weighted by Crippen LogP contribution is -2.39. The zero-order valence-electron chi connectivity index (χ0n) is 14.5. The molecule has 0 radical (unpaired) electrons. The van der Waals surface area contributed by atoms with Gasteiger partial charge in [-0.2, -0.15) is 0 Å². The minimum Gasteiger partial charge on any atom is -0.482 e. The molecule has 0 unspecified atom stereocenters. The summed E-state index contributed by atoms with van der Waals surface area (Å²) in [6.45, 7) is 2.05. The molecule has 0 spiro atoms. The predicted molar refractivity (Wildman–Crippen MR) is 91.4 cm³/mol. The molecule has 1 aliphatic rings. The molecule has 0 saturated heterocycles. The van der Waals surface area contributed by atoms with E-state index in [0.717, 1.165) is 0 Å². The highest BCUT2D eigenvalue weighted by molar-refractivity contribution is 6.02. The summed E-state index contributed by atoms with van der Waals surface area (Å²) in [5.41, 5.74) is 0.795. The number of Topliss-reactive ketones (excluding diaryl/α,β-unsaturated/α-hetero) is 1. The first-order chi connectivity index (χ1) is 12.4. The zero-order valence-corrected chi connectivity index (χ0v) is 14.5. The van der Waals surface area contributed by atoms with Crippen molar-refractivity contribution in [2.24, 2.45) is 0 Å². The van der Waals surface area contributed by atoms with Crippen LogP contribution in [0.5, 0.6) is 5.75 Å². The van der Waals surface area contributed by atoms with Crippen LogP contribution in [-0.4, -0.2) is 48.5 Å². The highest BCUT2D eigenvalue weighted by Crippen LogP contribution is 2.33. The van der Waals surface area contributed by atoms with Crippen molar-refractivity contribution in [3.63, 3.8) is 0 Å².